The molecule has 0 saturated heterocycles. The van der Waals surface area contributed by atoms with Gasteiger partial charge >= 0.3 is 0 Å². The Morgan fingerprint density at radius 2 is 2.00 bits per heavy atom. The Morgan fingerprint density at radius 1 is 1.27 bits per heavy atom. The molecule has 0 spiro atoms. The molecule has 0 radical (unpaired) electrons. The predicted octanol–water partition coefficient (Wildman–Crippen LogP) is 4.37. The van der Waals surface area contributed by atoms with Crippen LogP contribution in [0.5, 0.6) is 0 Å². The molecular formula is C13H19ClS. The first-order chi connectivity index (χ1) is 7.33. The molecule has 0 amide bonds. The molecule has 0 bridgehead atoms. The first-order valence-electron chi connectivity index (χ1n) is 5.54. The Bertz CT molecular complexity index is 248. The van der Waals surface area contributed by atoms with Gasteiger partial charge in [0.15, 0.2) is 0 Å². The smallest absolute Gasteiger partial charge is 0.0233 e. The summed E-state index contributed by atoms with van der Waals surface area (Å²) in [7, 11) is 0. The van der Waals surface area contributed by atoms with Gasteiger partial charge in [-0.15, -0.1) is 11.6 Å². The lowest BCUT2D eigenvalue weighted by Gasteiger charge is -2.08. The minimum Gasteiger partial charge on any atom is -0.159 e. The molecule has 0 aromatic heterocycles. The Balaban J connectivity index is 2.07. The number of aryl methyl sites for hydroxylation is 1. The van der Waals surface area contributed by atoms with E-state index in [0.717, 1.165) is 12.3 Å². The van der Waals surface area contributed by atoms with Gasteiger partial charge in [0.25, 0.3) is 0 Å². The quantitative estimate of drug-likeness (QED) is 0.506. The van der Waals surface area contributed by atoms with Gasteiger partial charge in [-0.1, -0.05) is 37.3 Å². The first-order valence-corrected chi connectivity index (χ1v) is 7.12. The summed E-state index contributed by atoms with van der Waals surface area (Å²) in [6, 6.07) is 10.7. The Morgan fingerprint density at radius 3 is 2.67 bits per heavy atom. The molecule has 0 fully saturated rings. The van der Waals surface area contributed by atoms with Crippen molar-refractivity contribution in [2.24, 2.45) is 0 Å². The lowest BCUT2D eigenvalue weighted by atomic mass is 10.1. The summed E-state index contributed by atoms with van der Waals surface area (Å²) >= 11 is 7.73. The third-order valence-electron chi connectivity index (χ3n) is 2.37. The van der Waals surface area contributed by atoms with Gasteiger partial charge in [-0.25, -0.2) is 0 Å². The highest BCUT2D eigenvalue weighted by Gasteiger charge is 2.00. The summed E-state index contributed by atoms with van der Waals surface area (Å²) < 4.78 is 0. The Hall–Kier alpha value is -0.140. The molecule has 0 nitrogen and oxygen atoms in total. The average molecular weight is 243 g/mol. The molecule has 0 aliphatic carbocycles. The normalized spacial score (nSPS) is 12.7. The predicted molar refractivity (Wildman–Crippen MR) is 72.0 cm³/mol. The second kappa shape index (κ2) is 8.06. The van der Waals surface area contributed by atoms with Gasteiger partial charge < -0.3 is 0 Å². The summed E-state index contributed by atoms with van der Waals surface area (Å²) in [6.07, 6.45) is 3.58. The van der Waals surface area contributed by atoms with Crippen molar-refractivity contribution in [1.82, 2.24) is 0 Å². The highest BCUT2D eigenvalue weighted by atomic mass is 35.5. The number of alkyl halides is 1. The number of halogens is 1. The fourth-order valence-corrected chi connectivity index (χ4v) is 2.90. The summed E-state index contributed by atoms with van der Waals surface area (Å²) in [5, 5.41) is 0.707. The van der Waals surface area contributed by atoms with Crippen molar-refractivity contribution in [2.75, 3.05) is 11.6 Å². The van der Waals surface area contributed by atoms with E-state index >= 15 is 0 Å². The Kier molecular flexibility index (Phi) is 6.95. The van der Waals surface area contributed by atoms with Crippen LogP contribution in [0.3, 0.4) is 0 Å². The number of hydrogen-bond donors (Lipinski definition) is 0. The zero-order valence-electron chi connectivity index (χ0n) is 9.29. The van der Waals surface area contributed by atoms with E-state index in [9.17, 15) is 0 Å². The second-order valence-electron chi connectivity index (χ2n) is 3.75. The third kappa shape index (κ3) is 6.11. The molecule has 0 aliphatic rings. The number of benzene rings is 1. The van der Waals surface area contributed by atoms with Crippen LogP contribution in [0.1, 0.15) is 25.3 Å². The molecule has 0 heterocycles. The lowest BCUT2D eigenvalue weighted by Crippen LogP contribution is -1.99. The van der Waals surface area contributed by atoms with E-state index < -0.39 is 0 Å². The van der Waals surface area contributed by atoms with Crippen molar-refractivity contribution < 1.29 is 0 Å². The van der Waals surface area contributed by atoms with Gasteiger partial charge in [0, 0.05) is 11.1 Å². The van der Waals surface area contributed by atoms with Crippen molar-refractivity contribution in [3.05, 3.63) is 35.9 Å². The van der Waals surface area contributed by atoms with Gasteiger partial charge in [0.05, 0.1) is 0 Å². The topological polar surface area (TPSA) is 0 Å². The number of hydrogen-bond acceptors (Lipinski definition) is 1. The molecule has 0 aliphatic heterocycles. The fraction of sp³-hybridized carbons (Fsp3) is 0.538. The minimum atomic E-state index is 0.707. The van der Waals surface area contributed by atoms with E-state index in [1.165, 1.54) is 24.2 Å². The summed E-state index contributed by atoms with van der Waals surface area (Å²) in [5.41, 5.74) is 1.45. The molecule has 2 heteroatoms. The fourth-order valence-electron chi connectivity index (χ4n) is 1.44. The maximum Gasteiger partial charge on any atom is 0.0233 e. The SMILES string of the molecule is CC(CCCl)SCCCc1ccccc1. The molecule has 0 saturated carbocycles. The van der Waals surface area contributed by atoms with E-state index in [4.69, 9.17) is 11.6 Å². The zero-order valence-corrected chi connectivity index (χ0v) is 10.9. The van der Waals surface area contributed by atoms with E-state index in [1.807, 2.05) is 11.8 Å². The molecule has 1 aromatic rings. The maximum atomic E-state index is 5.69. The van der Waals surface area contributed by atoms with Crippen molar-refractivity contribution in [1.29, 1.82) is 0 Å². The molecule has 1 unspecified atom stereocenters. The molecule has 1 rings (SSSR count). The monoisotopic (exact) mass is 242 g/mol. The van der Waals surface area contributed by atoms with Crippen LogP contribution < -0.4 is 0 Å². The Labute approximate surface area is 102 Å². The van der Waals surface area contributed by atoms with Crippen LogP contribution in [0.25, 0.3) is 0 Å². The van der Waals surface area contributed by atoms with Crippen LogP contribution >= 0.6 is 23.4 Å². The highest BCUT2D eigenvalue weighted by molar-refractivity contribution is 7.99. The molecule has 0 N–H and O–H groups in total. The maximum absolute atomic E-state index is 5.69. The van der Waals surface area contributed by atoms with Crippen molar-refractivity contribution in [2.45, 2.75) is 31.4 Å². The molecule has 84 valence electrons. The largest absolute Gasteiger partial charge is 0.159 e. The van der Waals surface area contributed by atoms with Crippen molar-refractivity contribution >= 4 is 23.4 Å². The lowest BCUT2D eigenvalue weighted by molar-refractivity contribution is 0.892. The van der Waals surface area contributed by atoms with E-state index in [-0.39, 0.29) is 0 Å². The average Bonchev–Trinajstić information content (AvgIpc) is 2.26. The second-order valence-corrected chi connectivity index (χ2v) is 5.67. The summed E-state index contributed by atoms with van der Waals surface area (Å²) in [5.74, 6) is 2.03. The van der Waals surface area contributed by atoms with E-state index in [0.29, 0.717) is 5.25 Å². The van der Waals surface area contributed by atoms with Gasteiger partial charge in [-0.3, -0.25) is 0 Å². The summed E-state index contributed by atoms with van der Waals surface area (Å²) in [6.45, 7) is 2.26. The first kappa shape index (κ1) is 12.9. The van der Waals surface area contributed by atoms with E-state index in [1.54, 1.807) is 0 Å². The van der Waals surface area contributed by atoms with Crippen LogP contribution in [0.2, 0.25) is 0 Å². The highest BCUT2D eigenvalue weighted by Crippen LogP contribution is 2.16. The van der Waals surface area contributed by atoms with Gasteiger partial charge in [0.1, 0.15) is 0 Å². The van der Waals surface area contributed by atoms with Crippen LogP contribution in [0, 0.1) is 0 Å². The third-order valence-corrected chi connectivity index (χ3v) is 3.92. The van der Waals surface area contributed by atoms with Crippen LogP contribution in [0.4, 0.5) is 0 Å². The summed E-state index contributed by atoms with van der Waals surface area (Å²) in [4.78, 5) is 0. The molecule has 1 atom stereocenters. The van der Waals surface area contributed by atoms with Crippen LogP contribution in [-0.4, -0.2) is 16.9 Å². The van der Waals surface area contributed by atoms with Crippen LogP contribution in [0.15, 0.2) is 30.3 Å². The zero-order chi connectivity index (χ0) is 10.9. The van der Waals surface area contributed by atoms with Gasteiger partial charge in [-0.2, -0.15) is 11.8 Å². The molecular weight excluding hydrogens is 224 g/mol. The number of rotatable bonds is 7. The van der Waals surface area contributed by atoms with Gasteiger partial charge in [0.2, 0.25) is 0 Å². The standard InChI is InChI=1S/C13H19ClS/c1-12(9-10-14)15-11-5-8-13-6-3-2-4-7-13/h2-4,6-7,12H,5,8-11H2,1H3. The molecule has 1 aromatic carbocycles. The van der Waals surface area contributed by atoms with E-state index in [2.05, 4.69) is 37.3 Å². The van der Waals surface area contributed by atoms with Crippen LogP contribution in [-0.2, 0) is 6.42 Å². The van der Waals surface area contributed by atoms with Crippen molar-refractivity contribution in [3.63, 3.8) is 0 Å². The minimum absolute atomic E-state index is 0.707. The van der Waals surface area contributed by atoms with Gasteiger partial charge in [-0.05, 0) is 30.6 Å². The van der Waals surface area contributed by atoms with Crippen molar-refractivity contribution in [3.8, 4) is 0 Å². The molecule has 15 heavy (non-hydrogen) atoms. The number of thioether (sulfide) groups is 1.